The number of amides is 2. The molecule has 1 unspecified atom stereocenters. The second kappa shape index (κ2) is 8.50. The van der Waals surface area contributed by atoms with Crippen LogP contribution >= 0.6 is 0 Å². The molecule has 2 aromatic carbocycles. The molecule has 1 heterocycles. The fraction of sp³-hybridized carbons (Fsp3) is 0.440. The monoisotopic (exact) mass is 406 g/mol. The molecule has 2 aliphatic rings. The predicted octanol–water partition coefficient (Wildman–Crippen LogP) is 3.93. The van der Waals surface area contributed by atoms with E-state index in [0.717, 1.165) is 43.5 Å². The Labute approximate surface area is 178 Å². The summed E-state index contributed by atoms with van der Waals surface area (Å²) in [5.41, 5.74) is 1.43. The Hall–Kier alpha value is -2.82. The van der Waals surface area contributed by atoms with Crippen molar-refractivity contribution in [3.05, 3.63) is 65.7 Å². The molecule has 5 nitrogen and oxygen atoms in total. The summed E-state index contributed by atoms with van der Waals surface area (Å²) in [6.45, 7) is 5.16. The van der Waals surface area contributed by atoms with E-state index in [2.05, 4.69) is 17.4 Å². The van der Waals surface area contributed by atoms with Gasteiger partial charge in [-0.05, 0) is 69.4 Å². The minimum absolute atomic E-state index is 0.0836. The second-order valence-electron chi connectivity index (χ2n) is 8.71. The van der Waals surface area contributed by atoms with Crippen LogP contribution in [-0.4, -0.2) is 41.9 Å². The van der Waals surface area contributed by atoms with Crippen molar-refractivity contribution < 1.29 is 14.3 Å². The van der Waals surface area contributed by atoms with Gasteiger partial charge in [-0.2, -0.15) is 0 Å². The molecule has 1 aliphatic carbocycles. The third-order valence-electron chi connectivity index (χ3n) is 6.10. The summed E-state index contributed by atoms with van der Waals surface area (Å²) in [5, 5.41) is 2.88. The Balaban J connectivity index is 1.37. The Morgan fingerprint density at radius 3 is 2.43 bits per heavy atom. The highest BCUT2D eigenvalue weighted by Crippen LogP contribution is 2.50. The van der Waals surface area contributed by atoms with Gasteiger partial charge in [-0.25, -0.2) is 0 Å². The van der Waals surface area contributed by atoms with E-state index >= 15 is 0 Å². The van der Waals surface area contributed by atoms with Crippen molar-refractivity contribution in [1.82, 2.24) is 10.2 Å². The molecular weight excluding hydrogens is 376 g/mol. The molecule has 1 saturated carbocycles. The maximum absolute atomic E-state index is 13.4. The number of carbonyl (C=O) groups excluding carboxylic acids is 2. The van der Waals surface area contributed by atoms with Gasteiger partial charge in [0.15, 0.2) is 0 Å². The molecule has 2 fully saturated rings. The highest BCUT2D eigenvalue weighted by molar-refractivity contribution is 5.94. The fourth-order valence-electron chi connectivity index (χ4n) is 4.30. The molecule has 1 saturated heterocycles. The van der Waals surface area contributed by atoms with Crippen LogP contribution in [0.3, 0.4) is 0 Å². The van der Waals surface area contributed by atoms with Crippen LogP contribution < -0.4 is 10.1 Å². The van der Waals surface area contributed by atoms with Crippen LogP contribution in [0.2, 0.25) is 0 Å². The Morgan fingerprint density at radius 1 is 1.10 bits per heavy atom. The SMILES string of the molecule is CC(C)NC(=O)c1ccc(OCC2CCCN2C(=O)C2(c3ccccc3)CC2)cc1. The van der Waals surface area contributed by atoms with Crippen molar-refractivity contribution in [3.8, 4) is 5.75 Å². The third-order valence-corrected chi connectivity index (χ3v) is 6.10. The van der Waals surface area contributed by atoms with Crippen molar-refractivity contribution >= 4 is 11.8 Å². The quantitative estimate of drug-likeness (QED) is 0.758. The summed E-state index contributed by atoms with van der Waals surface area (Å²) in [5.74, 6) is 0.889. The number of hydrogen-bond acceptors (Lipinski definition) is 3. The summed E-state index contributed by atoms with van der Waals surface area (Å²) in [6.07, 6.45) is 3.84. The molecular formula is C25H30N2O3. The third kappa shape index (κ3) is 4.20. The maximum atomic E-state index is 13.4. The van der Waals surface area contributed by atoms with Crippen LogP contribution in [0.1, 0.15) is 55.5 Å². The highest BCUT2D eigenvalue weighted by Gasteiger charge is 2.54. The van der Waals surface area contributed by atoms with Crippen LogP contribution in [0.5, 0.6) is 5.75 Å². The molecule has 0 spiro atoms. The Bertz CT molecular complexity index is 888. The number of likely N-dealkylation sites (tertiary alicyclic amines) is 1. The molecule has 1 N–H and O–H groups in total. The van der Waals surface area contributed by atoms with Crippen LogP contribution in [0.15, 0.2) is 54.6 Å². The second-order valence-corrected chi connectivity index (χ2v) is 8.71. The summed E-state index contributed by atoms with van der Waals surface area (Å²) < 4.78 is 6.00. The first-order chi connectivity index (χ1) is 14.5. The molecule has 2 amide bonds. The molecule has 0 bridgehead atoms. The zero-order valence-electron chi connectivity index (χ0n) is 17.8. The van der Waals surface area contributed by atoms with Crippen molar-refractivity contribution in [2.45, 2.75) is 57.0 Å². The first kappa shape index (κ1) is 20.5. The number of benzene rings is 2. The minimum Gasteiger partial charge on any atom is -0.491 e. The lowest BCUT2D eigenvalue weighted by Gasteiger charge is -2.29. The van der Waals surface area contributed by atoms with E-state index in [1.807, 2.05) is 49.1 Å². The average molecular weight is 407 g/mol. The number of carbonyl (C=O) groups is 2. The van der Waals surface area contributed by atoms with Crippen molar-refractivity contribution in [2.75, 3.05) is 13.2 Å². The number of hydrogen-bond donors (Lipinski definition) is 1. The first-order valence-electron chi connectivity index (χ1n) is 10.9. The Kier molecular flexibility index (Phi) is 5.80. The van der Waals surface area contributed by atoms with E-state index in [4.69, 9.17) is 4.74 Å². The van der Waals surface area contributed by atoms with E-state index in [9.17, 15) is 9.59 Å². The van der Waals surface area contributed by atoms with Gasteiger partial charge in [0.25, 0.3) is 5.91 Å². The number of ether oxygens (including phenoxy) is 1. The van der Waals surface area contributed by atoms with Crippen LogP contribution in [0, 0.1) is 0 Å². The summed E-state index contributed by atoms with van der Waals surface area (Å²) in [4.78, 5) is 27.5. The minimum atomic E-state index is -0.324. The molecule has 1 atom stereocenters. The van der Waals surface area contributed by atoms with Gasteiger partial charge in [0.1, 0.15) is 12.4 Å². The van der Waals surface area contributed by atoms with E-state index in [1.165, 1.54) is 0 Å². The first-order valence-corrected chi connectivity index (χ1v) is 10.9. The lowest BCUT2D eigenvalue weighted by atomic mass is 9.94. The number of rotatable bonds is 7. The molecule has 0 aromatic heterocycles. The number of nitrogens with zero attached hydrogens (tertiary/aromatic N) is 1. The molecule has 2 aromatic rings. The van der Waals surface area contributed by atoms with Gasteiger partial charge >= 0.3 is 0 Å². The zero-order chi connectivity index (χ0) is 21.1. The number of nitrogens with one attached hydrogen (secondary N) is 1. The van der Waals surface area contributed by atoms with Crippen LogP contribution in [0.25, 0.3) is 0 Å². The van der Waals surface area contributed by atoms with Crippen molar-refractivity contribution in [2.24, 2.45) is 0 Å². The van der Waals surface area contributed by atoms with Crippen LogP contribution in [0.4, 0.5) is 0 Å². The zero-order valence-corrected chi connectivity index (χ0v) is 17.8. The van der Waals surface area contributed by atoms with E-state index in [-0.39, 0.29) is 29.3 Å². The largest absolute Gasteiger partial charge is 0.491 e. The molecule has 0 radical (unpaired) electrons. The van der Waals surface area contributed by atoms with Gasteiger partial charge in [0, 0.05) is 18.2 Å². The Morgan fingerprint density at radius 2 is 1.80 bits per heavy atom. The van der Waals surface area contributed by atoms with E-state index < -0.39 is 0 Å². The van der Waals surface area contributed by atoms with Gasteiger partial charge in [0.2, 0.25) is 5.91 Å². The lowest BCUT2D eigenvalue weighted by molar-refractivity contribution is -0.135. The average Bonchev–Trinajstić information content (AvgIpc) is 3.44. The topological polar surface area (TPSA) is 58.6 Å². The summed E-state index contributed by atoms with van der Waals surface area (Å²) in [7, 11) is 0. The van der Waals surface area contributed by atoms with Crippen molar-refractivity contribution in [1.29, 1.82) is 0 Å². The van der Waals surface area contributed by atoms with Gasteiger partial charge < -0.3 is 15.0 Å². The van der Waals surface area contributed by atoms with Gasteiger partial charge in [-0.3, -0.25) is 9.59 Å². The lowest BCUT2D eigenvalue weighted by Crippen LogP contribution is -2.44. The van der Waals surface area contributed by atoms with Crippen molar-refractivity contribution in [3.63, 3.8) is 0 Å². The van der Waals surface area contributed by atoms with Gasteiger partial charge in [-0.1, -0.05) is 30.3 Å². The summed E-state index contributed by atoms with van der Waals surface area (Å²) in [6, 6.07) is 17.6. The van der Waals surface area contributed by atoms with Gasteiger partial charge in [-0.15, -0.1) is 0 Å². The van der Waals surface area contributed by atoms with Crippen LogP contribution in [-0.2, 0) is 10.2 Å². The van der Waals surface area contributed by atoms with E-state index in [1.54, 1.807) is 12.1 Å². The molecule has 1 aliphatic heterocycles. The maximum Gasteiger partial charge on any atom is 0.251 e. The normalized spacial score (nSPS) is 19.6. The standard InChI is InChI=1S/C25H30N2O3/c1-18(2)26-23(28)19-10-12-22(13-11-19)30-17-21-9-6-16-27(21)24(29)25(14-15-25)20-7-4-3-5-8-20/h3-5,7-8,10-13,18,21H,6,9,14-17H2,1-2H3,(H,26,28). The fourth-order valence-corrected chi connectivity index (χ4v) is 4.30. The molecule has 5 heteroatoms. The smallest absolute Gasteiger partial charge is 0.251 e. The summed E-state index contributed by atoms with van der Waals surface area (Å²) >= 11 is 0. The highest BCUT2D eigenvalue weighted by atomic mass is 16.5. The molecule has 158 valence electrons. The molecule has 4 rings (SSSR count). The predicted molar refractivity (Wildman–Crippen MR) is 117 cm³/mol. The molecule has 30 heavy (non-hydrogen) atoms. The van der Waals surface area contributed by atoms with E-state index in [0.29, 0.717) is 12.2 Å². The van der Waals surface area contributed by atoms with Gasteiger partial charge in [0.05, 0.1) is 11.5 Å².